The number of hydrogen-bond donors (Lipinski definition) is 3. The molecule has 0 saturated carbocycles. The third-order valence-electron chi connectivity index (χ3n) is 4.16. The van der Waals surface area contributed by atoms with Crippen molar-refractivity contribution in [2.75, 3.05) is 17.7 Å². The molecule has 0 spiro atoms. The average molecular weight is 423 g/mol. The van der Waals surface area contributed by atoms with Crippen LogP contribution in [0, 0.1) is 13.8 Å². The minimum Gasteiger partial charge on any atom is -0.494 e. The van der Waals surface area contributed by atoms with Gasteiger partial charge in [0.1, 0.15) is 5.75 Å². The molecule has 2 aromatic carbocycles. The topological polar surface area (TPSA) is 92.6 Å². The Morgan fingerprint density at radius 1 is 0.967 bits per heavy atom. The largest absolute Gasteiger partial charge is 0.494 e. The molecule has 3 rings (SSSR count). The van der Waals surface area contributed by atoms with Crippen molar-refractivity contribution in [1.29, 1.82) is 0 Å². The number of benzene rings is 2. The van der Waals surface area contributed by atoms with E-state index in [9.17, 15) is 9.59 Å². The van der Waals surface area contributed by atoms with Crippen molar-refractivity contribution < 1.29 is 18.7 Å². The number of amides is 2. The van der Waals surface area contributed by atoms with Crippen molar-refractivity contribution in [2.45, 2.75) is 13.8 Å². The van der Waals surface area contributed by atoms with Gasteiger partial charge in [0.15, 0.2) is 10.9 Å². The van der Waals surface area contributed by atoms with E-state index in [4.69, 9.17) is 21.4 Å². The number of furan rings is 1. The summed E-state index contributed by atoms with van der Waals surface area (Å²) >= 11 is 5.25. The Balaban J connectivity index is 1.66. The summed E-state index contributed by atoms with van der Waals surface area (Å²) in [7, 11) is 1.49. The average Bonchev–Trinajstić information content (AvgIpc) is 3.23. The first-order chi connectivity index (χ1) is 14.4. The van der Waals surface area contributed by atoms with E-state index in [1.165, 1.54) is 13.4 Å². The zero-order valence-electron chi connectivity index (χ0n) is 16.7. The van der Waals surface area contributed by atoms with Gasteiger partial charge in [-0.15, -0.1) is 0 Å². The highest BCUT2D eigenvalue weighted by molar-refractivity contribution is 7.80. The van der Waals surface area contributed by atoms with Crippen LogP contribution >= 0.6 is 12.2 Å². The number of rotatable bonds is 5. The normalized spacial score (nSPS) is 10.2. The molecule has 0 radical (unpaired) electrons. The van der Waals surface area contributed by atoms with Gasteiger partial charge in [-0.2, -0.15) is 0 Å². The predicted octanol–water partition coefficient (Wildman–Crippen LogP) is 4.28. The van der Waals surface area contributed by atoms with Crippen molar-refractivity contribution >= 4 is 40.5 Å². The van der Waals surface area contributed by atoms with Gasteiger partial charge in [-0.25, -0.2) is 0 Å². The number of ether oxygens (including phenoxy) is 1. The summed E-state index contributed by atoms with van der Waals surface area (Å²) in [5, 5.41) is 8.47. The molecule has 3 aromatic rings. The Morgan fingerprint density at radius 3 is 2.33 bits per heavy atom. The fourth-order valence-electron chi connectivity index (χ4n) is 2.91. The standard InChI is InChI=1S/C22H21N3O4S/c1-13-9-14(2)11-15(10-13)20(26)25-22(30)23-16-6-7-17(19(12-16)28-3)24-21(27)18-5-4-8-29-18/h4-12H,1-3H3,(H,24,27)(H2,23,25,26,30). The highest BCUT2D eigenvalue weighted by atomic mass is 32.1. The van der Waals surface area contributed by atoms with Crippen molar-refractivity contribution in [3.63, 3.8) is 0 Å². The van der Waals surface area contributed by atoms with Crippen molar-refractivity contribution in [3.05, 3.63) is 77.2 Å². The molecule has 0 saturated heterocycles. The first-order valence-corrected chi connectivity index (χ1v) is 9.50. The van der Waals surface area contributed by atoms with Gasteiger partial charge >= 0.3 is 0 Å². The number of nitrogens with one attached hydrogen (secondary N) is 3. The fourth-order valence-corrected chi connectivity index (χ4v) is 3.12. The zero-order valence-corrected chi connectivity index (χ0v) is 17.6. The third-order valence-corrected chi connectivity index (χ3v) is 4.37. The van der Waals surface area contributed by atoms with Crippen LogP contribution in [0.15, 0.2) is 59.2 Å². The van der Waals surface area contributed by atoms with Crippen molar-refractivity contribution in [1.82, 2.24) is 5.32 Å². The molecule has 3 N–H and O–H groups in total. The van der Waals surface area contributed by atoms with E-state index in [0.717, 1.165) is 11.1 Å². The molecule has 30 heavy (non-hydrogen) atoms. The summed E-state index contributed by atoms with van der Waals surface area (Å²) in [5.74, 6) is -0.0818. The van der Waals surface area contributed by atoms with E-state index < -0.39 is 5.91 Å². The summed E-state index contributed by atoms with van der Waals surface area (Å²) < 4.78 is 10.4. The van der Waals surface area contributed by atoms with Crippen LogP contribution in [0.25, 0.3) is 0 Å². The Morgan fingerprint density at radius 2 is 1.70 bits per heavy atom. The summed E-state index contributed by atoms with van der Waals surface area (Å²) in [6.07, 6.45) is 1.42. The van der Waals surface area contributed by atoms with E-state index in [1.54, 1.807) is 42.5 Å². The zero-order chi connectivity index (χ0) is 21.7. The van der Waals surface area contributed by atoms with Crippen LogP contribution in [0.1, 0.15) is 32.0 Å². The lowest BCUT2D eigenvalue weighted by atomic mass is 10.1. The Kier molecular flexibility index (Phi) is 6.48. The SMILES string of the molecule is COc1cc(NC(=S)NC(=O)c2cc(C)cc(C)c2)ccc1NC(=O)c1ccco1. The number of carbonyl (C=O) groups excluding carboxylic acids is 2. The molecular weight excluding hydrogens is 402 g/mol. The number of methoxy groups -OCH3 is 1. The monoisotopic (exact) mass is 423 g/mol. The molecule has 0 aliphatic rings. The molecule has 1 heterocycles. The fraction of sp³-hybridized carbons (Fsp3) is 0.136. The molecule has 0 bridgehead atoms. The van der Waals surface area contributed by atoms with Crippen LogP contribution in [-0.4, -0.2) is 24.0 Å². The molecule has 1 aromatic heterocycles. The van der Waals surface area contributed by atoms with Gasteiger partial charge < -0.3 is 19.8 Å². The highest BCUT2D eigenvalue weighted by Gasteiger charge is 2.14. The van der Waals surface area contributed by atoms with Crippen LogP contribution in [0.4, 0.5) is 11.4 Å². The van der Waals surface area contributed by atoms with Crippen LogP contribution < -0.4 is 20.7 Å². The minimum atomic E-state index is -0.393. The molecule has 8 heteroatoms. The summed E-state index contributed by atoms with van der Waals surface area (Å²) in [6, 6.07) is 13.8. The first kappa shape index (κ1) is 21.1. The smallest absolute Gasteiger partial charge is 0.291 e. The molecule has 0 unspecified atom stereocenters. The van der Waals surface area contributed by atoms with Gasteiger partial charge in [-0.05, 0) is 62.5 Å². The lowest BCUT2D eigenvalue weighted by Gasteiger charge is -2.14. The van der Waals surface area contributed by atoms with Crippen molar-refractivity contribution in [2.24, 2.45) is 0 Å². The summed E-state index contributed by atoms with van der Waals surface area (Å²) in [5.41, 5.74) is 3.58. The summed E-state index contributed by atoms with van der Waals surface area (Å²) in [4.78, 5) is 24.6. The number of carbonyl (C=O) groups is 2. The van der Waals surface area contributed by atoms with Gasteiger partial charge in [0.2, 0.25) is 0 Å². The third kappa shape index (κ3) is 5.24. The second-order valence-electron chi connectivity index (χ2n) is 6.63. The van der Waals surface area contributed by atoms with Crippen LogP contribution in [0.3, 0.4) is 0 Å². The van der Waals surface area contributed by atoms with Crippen molar-refractivity contribution in [3.8, 4) is 5.75 Å². The molecular formula is C22H21N3O4S. The van der Waals surface area contributed by atoms with Gasteiger partial charge in [0.25, 0.3) is 11.8 Å². The highest BCUT2D eigenvalue weighted by Crippen LogP contribution is 2.28. The lowest BCUT2D eigenvalue weighted by Crippen LogP contribution is -2.34. The van der Waals surface area contributed by atoms with Crippen LogP contribution in [0.2, 0.25) is 0 Å². The maximum Gasteiger partial charge on any atom is 0.291 e. The van der Waals surface area contributed by atoms with Gasteiger partial charge in [-0.3, -0.25) is 14.9 Å². The molecule has 0 atom stereocenters. The molecule has 0 aliphatic heterocycles. The quantitative estimate of drug-likeness (QED) is 0.531. The van der Waals surface area contributed by atoms with E-state index >= 15 is 0 Å². The second kappa shape index (κ2) is 9.23. The number of hydrogen-bond acceptors (Lipinski definition) is 5. The minimum absolute atomic E-state index is 0.147. The molecule has 0 aliphatic carbocycles. The predicted molar refractivity (Wildman–Crippen MR) is 119 cm³/mol. The van der Waals surface area contributed by atoms with Crippen LogP contribution in [-0.2, 0) is 0 Å². The Labute approximate surface area is 179 Å². The maximum absolute atomic E-state index is 12.4. The van der Waals surface area contributed by atoms with E-state index in [2.05, 4.69) is 16.0 Å². The molecule has 2 amide bonds. The van der Waals surface area contributed by atoms with E-state index in [1.807, 2.05) is 19.9 Å². The Bertz CT molecular complexity index is 1070. The maximum atomic E-state index is 12.4. The molecule has 154 valence electrons. The first-order valence-electron chi connectivity index (χ1n) is 9.09. The van der Waals surface area contributed by atoms with E-state index in [0.29, 0.717) is 22.7 Å². The number of aryl methyl sites for hydroxylation is 2. The number of anilines is 2. The second-order valence-corrected chi connectivity index (χ2v) is 7.04. The van der Waals surface area contributed by atoms with E-state index in [-0.39, 0.29) is 16.8 Å². The van der Waals surface area contributed by atoms with Gasteiger partial charge in [0, 0.05) is 17.3 Å². The molecule has 0 fully saturated rings. The van der Waals surface area contributed by atoms with Gasteiger partial charge in [-0.1, -0.05) is 17.2 Å². The number of thiocarbonyl (C=S) groups is 1. The summed E-state index contributed by atoms with van der Waals surface area (Å²) in [6.45, 7) is 3.86. The lowest BCUT2D eigenvalue weighted by molar-refractivity contribution is 0.0974. The van der Waals surface area contributed by atoms with Crippen LogP contribution in [0.5, 0.6) is 5.75 Å². The Hall–Kier alpha value is -3.65. The van der Waals surface area contributed by atoms with Gasteiger partial charge in [0.05, 0.1) is 19.1 Å². The molecule has 7 nitrogen and oxygen atoms in total.